The zero-order valence-corrected chi connectivity index (χ0v) is 10.3. The van der Waals surface area contributed by atoms with Gasteiger partial charge in [0.15, 0.2) is 0 Å². The van der Waals surface area contributed by atoms with Crippen LogP contribution in [0.1, 0.15) is 44.8 Å². The number of aliphatic hydroxyl groups excluding tert-OH is 1. The van der Waals surface area contributed by atoms with Crippen molar-refractivity contribution in [3.05, 3.63) is 23.9 Å². The second-order valence-corrected chi connectivity index (χ2v) is 4.47. The average molecular weight is 223 g/mol. The zero-order valence-electron chi connectivity index (χ0n) is 10.3. The van der Waals surface area contributed by atoms with Crippen LogP contribution in [-0.4, -0.2) is 17.2 Å². The first-order valence-electron chi connectivity index (χ1n) is 5.81. The first kappa shape index (κ1) is 13.0. The summed E-state index contributed by atoms with van der Waals surface area (Å²) in [6.07, 6.45) is 4.27. The molecule has 1 rings (SSSR count). The summed E-state index contributed by atoms with van der Waals surface area (Å²) in [5.74, 6) is 1.28. The second-order valence-electron chi connectivity index (χ2n) is 4.47. The maximum absolute atomic E-state index is 9.92. The summed E-state index contributed by atoms with van der Waals surface area (Å²) < 4.78 is 4.97. The molecule has 1 atom stereocenters. The molecule has 0 aliphatic rings. The Morgan fingerprint density at radius 3 is 2.56 bits per heavy atom. The predicted molar refractivity (Wildman–Crippen MR) is 64.4 cm³/mol. The molecule has 3 heteroatoms. The van der Waals surface area contributed by atoms with Gasteiger partial charge in [-0.3, -0.25) is 0 Å². The molecule has 16 heavy (non-hydrogen) atoms. The van der Waals surface area contributed by atoms with Crippen molar-refractivity contribution in [1.29, 1.82) is 0 Å². The van der Waals surface area contributed by atoms with E-state index in [0.29, 0.717) is 11.8 Å². The quantitative estimate of drug-likeness (QED) is 0.806. The lowest BCUT2D eigenvalue weighted by molar-refractivity contribution is 0.161. The van der Waals surface area contributed by atoms with Gasteiger partial charge in [0, 0.05) is 12.3 Å². The fourth-order valence-corrected chi connectivity index (χ4v) is 1.60. The van der Waals surface area contributed by atoms with E-state index in [0.717, 1.165) is 24.8 Å². The summed E-state index contributed by atoms with van der Waals surface area (Å²) in [5.41, 5.74) is 0.865. The average Bonchev–Trinajstić information content (AvgIpc) is 2.28. The molecule has 0 aromatic carbocycles. The highest BCUT2D eigenvalue weighted by molar-refractivity contribution is 5.19. The van der Waals surface area contributed by atoms with Gasteiger partial charge in [0.2, 0.25) is 5.88 Å². The molecule has 0 spiro atoms. The van der Waals surface area contributed by atoms with Crippen LogP contribution in [0.5, 0.6) is 5.88 Å². The Bertz CT molecular complexity index is 295. The van der Waals surface area contributed by atoms with Crippen LogP contribution >= 0.6 is 0 Å². The molecule has 1 unspecified atom stereocenters. The lowest BCUT2D eigenvalue weighted by Gasteiger charge is -2.11. The topological polar surface area (TPSA) is 42.4 Å². The second kappa shape index (κ2) is 6.48. The van der Waals surface area contributed by atoms with Crippen molar-refractivity contribution >= 4 is 0 Å². The van der Waals surface area contributed by atoms with E-state index in [1.165, 1.54) is 0 Å². The molecule has 1 aromatic heterocycles. The van der Waals surface area contributed by atoms with Gasteiger partial charge in [-0.05, 0) is 24.0 Å². The van der Waals surface area contributed by atoms with E-state index in [4.69, 9.17) is 4.74 Å². The maximum atomic E-state index is 9.92. The molecule has 0 bridgehead atoms. The number of methoxy groups -OCH3 is 1. The largest absolute Gasteiger partial charge is 0.481 e. The summed E-state index contributed by atoms with van der Waals surface area (Å²) in [6, 6.07) is 3.65. The van der Waals surface area contributed by atoms with Crippen molar-refractivity contribution in [2.24, 2.45) is 5.92 Å². The highest BCUT2D eigenvalue weighted by atomic mass is 16.5. The number of ether oxygens (including phenoxy) is 1. The van der Waals surface area contributed by atoms with Gasteiger partial charge in [-0.2, -0.15) is 0 Å². The van der Waals surface area contributed by atoms with Crippen LogP contribution in [0.3, 0.4) is 0 Å². The fraction of sp³-hybridized carbons (Fsp3) is 0.615. The van der Waals surface area contributed by atoms with Crippen molar-refractivity contribution in [2.75, 3.05) is 7.11 Å². The van der Waals surface area contributed by atoms with Crippen LogP contribution in [-0.2, 0) is 0 Å². The van der Waals surface area contributed by atoms with Crippen LogP contribution in [0, 0.1) is 5.92 Å². The Morgan fingerprint density at radius 2 is 2.06 bits per heavy atom. The highest BCUT2D eigenvalue weighted by Crippen LogP contribution is 2.21. The first-order chi connectivity index (χ1) is 7.63. The molecule has 0 amide bonds. The van der Waals surface area contributed by atoms with Gasteiger partial charge < -0.3 is 9.84 Å². The Morgan fingerprint density at radius 1 is 1.31 bits per heavy atom. The lowest BCUT2D eigenvalue weighted by Crippen LogP contribution is -2.00. The summed E-state index contributed by atoms with van der Waals surface area (Å²) in [5, 5.41) is 9.92. The first-order valence-corrected chi connectivity index (χ1v) is 5.81. The van der Waals surface area contributed by atoms with Gasteiger partial charge in [-0.1, -0.05) is 26.7 Å². The molecule has 90 valence electrons. The molecule has 0 fully saturated rings. The zero-order chi connectivity index (χ0) is 12.0. The van der Waals surface area contributed by atoms with E-state index >= 15 is 0 Å². The van der Waals surface area contributed by atoms with Crippen molar-refractivity contribution < 1.29 is 9.84 Å². The Hall–Kier alpha value is -1.09. The fourth-order valence-electron chi connectivity index (χ4n) is 1.60. The van der Waals surface area contributed by atoms with E-state index in [9.17, 15) is 5.11 Å². The molecule has 0 radical (unpaired) electrons. The van der Waals surface area contributed by atoms with E-state index in [1.807, 2.05) is 6.07 Å². The van der Waals surface area contributed by atoms with Gasteiger partial charge in [0.25, 0.3) is 0 Å². The summed E-state index contributed by atoms with van der Waals surface area (Å²) in [4.78, 5) is 4.08. The predicted octanol–water partition coefficient (Wildman–Crippen LogP) is 2.95. The van der Waals surface area contributed by atoms with Crippen molar-refractivity contribution in [3.8, 4) is 5.88 Å². The van der Waals surface area contributed by atoms with Crippen molar-refractivity contribution in [1.82, 2.24) is 4.98 Å². The minimum absolute atomic E-state index is 0.405. The molecule has 0 saturated carbocycles. The van der Waals surface area contributed by atoms with Crippen molar-refractivity contribution in [3.63, 3.8) is 0 Å². The monoisotopic (exact) mass is 223 g/mol. The smallest absolute Gasteiger partial charge is 0.212 e. The molecule has 1 heterocycles. The third-order valence-corrected chi connectivity index (χ3v) is 2.61. The van der Waals surface area contributed by atoms with Gasteiger partial charge >= 0.3 is 0 Å². The summed E-state index contributed by atoms with van der Waals surface area (Å²) >= 11 is 0. The van der Waals surface area contributed by atoms with Gasteiger partial charge in [-0.25, -0.2) is 4.98 Å². The Labute approximate surface area is 97.5 Å². The SMILES string of the molecule is COc1ccc(C(O)CCCC(C)C)cn1. The minimum Gasteiger partial charge on any atom is -0.481 e. The van der Waals surface area contributed by atoms with E-state index < -0.39 is 6.10 Å². The summed E-state index contributed by atoms with van der Waals surface area (Å²) in [7, 11) is 1.58. The van der Waals surface area contributed by atoms with Gasteiger partial charge in [0.05, 0.1) is 13.2 Å². The van der Waals surface area contributed by atoms with E-state index in [2.05, 4.69) is 18.8 Å². The van der Waals surface area contributed by atoms with Crippen LogP contribution in [0.25, 0.3) is 0 Å². The molecule has 0 aliphatic heterocycles. The number of rotatable bonds is 6. The molecule has 1 aromatic rings. The molecule has 3 nitrogen and oxygen atoms in total. The van der Waals surface area contributed by atoms with Crippen LogP contribution in [0.2, 0.25) is 0 Å². The number of aromatic nitrogens is 1. The van der Waals surface area contributed by atoms with Crippen LogP contribution < -0.4 is 4.74 Å². The molecular weight excluding hydrogens is 202 g/mol. The van der Waals surface area contributed by atoms with E-state index in [-0.39, 0.29) is 0 Å². The van der Waals surface area contributed by atoms with Gasteiger partial charge in [0.1, 0.15) is 0 Å². The van der Waals surface area contributed by atoms with Crippen LogP contribution in [0.15, 0.2) is 18.3 Å². The summed E-state index contributed by atoms with van der Waals surface area (Å²) in [6.45, 7) is 4.39. The minimum atomic E-state index is -0.405. The third-order valence-electron chi connectivity index (χ3n) is 2.61. The third kappa shape index (κ3) is 4.19. The number of aliphatic hydroxyl groups is 1. The molecule has 0 aliphatic carbocycles. The number of hydrogen-bond acceptors (Lipinski definition) is 3. The molecular formula is C13H21NO2. The van der Waals surface area contributed by atoms with Gasteiger partial charge in [-0.15, -0.1) is 0 Å². The maximum Gasteiger partial charge on any atom is 0.212 e. The van der Waals surface area contributed by atoms with Crippen LogP contribution in [0.4, 0.5) is 0 Å². The van der Waals surface area contributed by atoms with E-state index in [1.54, 1.807) is 19.4 Å². The Kier molecular flexibility index (Phi) is 5.26. The number of hydrogen-bond donors (Lipinski definition) is 1. The Balaban J connectivity index is 2.43. The number of nitrogens with zero attached hydrogens (tertiary/aromatic N) is 1. The molecule has 1 N–H and O–H groups in total. The highest BCUT2D eigenvalue weighted by Gasteiger charge is 2.08. The normalized spacial score (nSPS) is 12.8. The number of pyridine rings is 1. The lowest BCUT2D eigenvalue weighted by atomic mass is 10.0. The molecule has 0 saturated heterocycles. The van der Waals surface area contributed by atoms with Crippen molar-refractivity contribution in [2.45, 2.75) is 39.2 Å². The standard InChI is InChI=1S/C13H21NO2/c1-10(2)5-4-6-12(15)11-7-8-13(16-3)14-9-11/h7-10,12,15H,4-6H2,1-3H3.